The van der Waals surface area contributed by atoms with Crippen LogP contribution < -0.4 is 4.74 Å². The molecule has 0 saturated heterocycles. The van der Waals surface area contributed by atoms with E-state index in [1.807, 2.05) is 0 Å². The first-order valence-electron chi connectivity index (χ1n) is 14.0. The molecule has 0 saturated carbocycles. The van der Waals surface area contributed by atoms with Crippen LogP contribution in [0.2, 0.25) is 0 Å². The SMILES string of the molecule is CCCCCCCCCC(CCCCCCCC(=O)O)Oc1cccc2cc3ccccc3cc12. The second-order valence-corrected chi connectivity index (χ2v) is 10.0. The van der Waals surface area contributed by atoms with Crippen LogP contribution in [0.25, 0.3) is 21.5 Å². The molecule has 0 radical (unpaired) electrons. The lowest BCUT2D eigenvalue weighted by atomic mass is 10.0. The predicted octanol–water partition coefficient (Wildman–Crippen LogP) is 9.70. The Kier molecular flexibility index (Phi) is 11.9. The van der Waals surface area contributed by atoms with Crippen molar-refractivity contribution in [3.8, 4) is 5.75 Å². The van der Waals surface area contributed by atoms with E-state index in [2.05, 4.69) is 61.5 Å². The Morgan fingerprint density at radius 3 is 1.94 bits per heavy atom. The maximum atomic E-state index is 10.7. The molecule has 0 aliphatic carbocycles. The quantitative estimate of drug-likeness (QED) is 0.147. The number of hydrogen-bond donors (Lipinski definition) is 1. The molecule has 1 N–H and O–H groups in total. The van der Waals surface area contributed by atoms with Crippen LogP contribution >= 0.6 is 0 Å². The van der Waals surface area contributed by atoms with Gasteiger partial charge in [0.25, 0.3) is 0 Å². The second-order valence-electron chi connectivity index (χ2n) is 10.0. The molecule has 1 atom stereocenters. The topological polar surface area (TPSA) is 46.5 Å². The van der Waals surface area contributed by atoms with E-state index in [1.54, 1.807) is 0 Å². The second kappa shape index (κ2) is 15.4. The highest BCUT2D eigenvalue weighted by Gasteiger charge is 2.13. The number of fused-ring (bicyclic) bond motifs is 2. The first-order valence-corrected chi connectivity index (χ1v) is 14.0. The van der Waals surface area contributed by atoms with Gasteiger partial charge in [-0.2, -0.15) is 0 Å². The average molecular weight is 477 g/mol. The normalized spacial score (nSPS) is 12.3. The summed E-state index contributed by atoms with van der Waals surface area (Å²) in [6.45, 7) is 2.27. The summed E-state index contributed by atoms with van der Waals surface area (Å²) < 4.78 is 6.70. The van der Waals surface area contributed by atoms with Crippen LogP contribution in [0.15, 0.2) is 54.6 Å². The highest BCUT2D eigenvalue weighted by atomic mass is 16.5. The highest BCUT2D eigenvalue weighted by Crippen LogP contribution is 2.32. The van der Waals surface area contributed by atoms with Gasteiger partial charge < -0.3 is 9.84 Å². The molecule has 0 amide bonds. The summed E-state index contributed by atoms with van der Waals surface area (Å²) in [5.74, 6) is 0.318. The largest absolute Gasteiger partial charge is 0.490 e. The van der Waals surface area contributed by atoms with Crippen molar-refractivity contribution >= 4 is 27.5 Å². The number of carbonyl (C=O) groups is 1. The Morgan fingerprint density at radius 2 is 1.29 bits per heavy atom. The fraction of sp³-hybridized carbons (Fsp3) is 0.531. The third-order valence-electron chi connectivity index (χ3n) is 7.05. The van der Waals surface area contributed by atoms with Crippen LogP contribution in [-0.4, -0.2) is 17.2 Å². The minimum absolute atomic E-state index is 0.238. The zero-order valence-electron chi connectivity index (χ0n) is 21.6. The van der Waals surface area contributed by atoms with Crippen LogP contribution in [0.3, 0.4) is 0 Å². The molecule has 35 heavy (non-hydrogen) atoms. The fourth-order valence-corrected chi connectivity index (χ4v) is 4.99. The van der Waals surface area contributed by atoms with Crippen molar-refractivity contribution in [1.82, 2.24) is 0 Å². The lowest BCUT2D eigenvalue weighted by molar-refractivity contribution is -0.137. The third-order valence-corrected chi connectivity index (χ3v) is 7.05. The molecule has 0 spiro atoms. The van der Waals surface area contributed by atoms with Gasteiger partial charge in [-0.1, -0.05) is 101 Å². The molecule has 3 nitrogen and oxygen atoms in total. The Labute approximate surface area is 211 Å². The summed E-state index contributed by atoms with van der Waals surface area (Å²) in [5.41, 5.74) is 0. The van der Waals surface area contributed by atoms with Gasteiger partial charge >= 0.3 is 5.97 Å². The lowest BCUT2D eigenvalue weighted by Gasteiger charge is -2.21. The summed E-state index contributed by atoms with van der Waals surface area (Å²) in [6, 6.07) is 19.5. The van der Waals surface area contributed by atoms with Gasteiger partial charge in [-0.3, -0.25) is 4.79 Å². The van der Waals surface area contributed by atoms with Gasteiger partial charge in [0, 0.05) is 11.8 Å². The Bertz CT molecular complexity index is 1030. The molecule has 3 heteroatoms. The van der Waals surface area contributed by atoms with Gasteiger partial charge in [0.2, 0.25) is 0 Å². The molecule has 190 valence electrons. The van der Waals surface area contributed by atoms with Crippen molar-refractivity contribution in [2.75, 3.05) is 0 Å². The van der Waals surface area contributed by atoms with Crippen LogP contribution in [0.4, 0.5) is 0 Å². The monoisotopic (exact) mass is 476 g/mol. The summed E-state index contributed by atoms with van der Waals surface area (Å²) in [7, 11) is 0. The Balaban J connectivity index is 1.58. The molecule has 0 aromatic heterocycles. The summed E-state index contributed by atoms with van der Waals surface area (Å²) >= 11 is 0. The fourth-order valence-electron chi connectivity index (χ4n) is 4.99. The number of ether oxygens (including phenoxy) is 1. The van der Waals surface area contributed by atoms with Crippen molar-refractivity contribution in [1.29, 1.82) is 0 Å². The van der Waals surface area contributed by atoms with Crippen molar-refractivity contribution < 1.29 is 14.6 Å². The molecule has 0 heterocycles. The van der Waals surface area contributed by atoms with Gasteiger partial charge in [0.1, 0.15) is 5.75 Å². The highest BCUT2D eigenvalue weighted by molar-refractivity contribution is 6.00. The molecule has 3 aromatic carbocycles. The Hall–Kier alpha value is -2.55. The summed E-state index contributed by atoms with van der Waals surface area (Å²) in [5, 5.41) is 13.8. The van der Waals surface area contributed by atoms with Gasteiger partial charge in [-0.05, 0) is 66.5 Å². The Morgan fingerprint density at radius 1 is 0.714 bits per heavy atom. The zero-order chi connectivity index (χ0) is 24.7. The van der Waals surface area contributed by atoms with Crippen LogP contribution in [0.5, 0.6) is 5.75 Å². The molecular weight excluding hydrogens is 432 g/mol. The van der Waals surface area contributed by atoms with Crippen molar-refractivity contribution in [3.63, 3.8) is 0 Å². The van der Waals surface area contributed by atoms with E-state index in [0.717, 1.165) is 50.7 Å². The van der Waals surface area contributed by atoms with Gasteiger partial charge in [-0.15, -0.1) is 0 Å². The minimum Gasteiger partial charge on any atom is -0.490 e. The molecule has 0 aliphatic heterocycles. The predicted molar refractivity (Wildman–Crippen MR) is 148 cm³/mol. The molecule has 0 fully saturated rings. The van der Waals surface area contributed by atoms with Crippen molar-refractivity contribution in [3.05, 3.63) is 54.6 Å². The van der Waals surface area contributed by atoms with E-state index in [-0.39, 0.29) is 6.10 Å². The lowest BCUT2D eigenvalue weighted by Crippen LogP contribution is -2.17. The maximum absolute atomic E-state index is 10.7. The van der Waals surface area contributed by atoms with E-state index in [4.69, 9.17) is 9.84 Å². The average Bonchev–Trinajstić information content (AvgIpc) is 2.86. The molecule has 3 aromatic rings. The number of unbranched alkanes of at least 4 members (excludes halogenated alkanes) is 10. The van der Waals surface area contributed by atoms with E-state index < -0.39 is 5.97 Å². The maximum Gasteiger partial charge on any atom is 0.303 e. The van der Waals surface area contributed by atoms with Crippen LogP contribution in [-0.2, 0) is 4.79 Å². The van der Waals surface area contributed by atoms with E-state index in [9.17, 15) is 4.79 Å². The van der Waals surface area contributed by atoms with E-state index in [0.29, 0.717) is 6.42 Å². The molecular formula is C32H44O3. The minimum atomic E-state index is -0.684. The van der Waals surface area contributed by atoms with Crippen LogP contribution in [0.1, 0.15) is 103 Å². The number of hydrogen-bond acceptors (Lipinski definition) is 2. The van der Waals surface area contributed by atoms with Gasteiger partial charge in [0.15, 0.2) is 0 Å². The first kappa shape index (κ1) is 27.0. The number of carboxylic acid groups (broad SMARTS) is 1. The van der Waals surface area contributed by atoms with Gasteiger partial charge in [-0.25, -0.2) is 0 Å². The van der Waals surface area contributed by atoms with Crippen molar-refractivity contribution in [2.45, 2.75) is 109 Å². The summed E-state index contributed by atoms with van der Waals surface area (Å²) in [4.78, 5) is 10.7. The molecule has 3 rings (SSSR count). The standard InChI is InChI=1S/C32H44O3/c1-2-3-4-5-6-8-11-20-29(21-12-9-7-10-13-23-32(33)34)35-31-22-16-19-28-24-26-17-14-15-18-27(26)25-30(28)31/h14-19,22,24-25,29H,2-13,20-21,23H2,1H3,(H,33,34). The van der Waals surface area contributed by atoms with E-state index in [1.165, 1.54) is 66.5 Å². The number of carboxylic acids is 1. The molecule has 0 bridgehead atoms. The first-order chi connectivity index (χ1) is 17.2. The van der Waals surface area contributed by atoms with Crippen molar-refractivity contribution in [2.24, 2.45) is 0 Å². The third kappa shape index (κ3) is 9.55. The molecule has 1 unspecified atom stereocenters. The van der Waals surface area contributed by atoms with Crippen LogP contribution in [0, 0.1) is 0 Å². The number of rotatable bonds is 18. The number of aliphatic carboxylic acids is 1. The molecule has 0 aliphatic rings. The summed E-state index contributed by atoms with van der Waals surface area (Å²) in [6.07, 6.45) is 17.1. The van der Waals surface area contributed by atoms with Gasteiger partial charge in [0.05, 0.1) is 6.10 Å². The smallest absolute Gasteiger partial charge is 0.303 e. The van der Waals surface area contributed by atoms with E-state index >= 15 is 0 Å². The number of benzene rings is 3. The zero-order valence-corrected chi connectivity index (χ0v) is 21.6.